The van der Waals surface area contributed by atoms with Crippen LogP contribution < -0.4 is 4.90 Å². The highest BCUT2D eigenvalue weighted by Gasteiger charge is 2.29. The maximum Gasteiger partial charge on any atom is 0.169 e. The maximum absolute atomic E-state index is 14.4. The Bertz CT molecular complexity index is 1080. The maximum atomic E-state index is 14.4. The molecule has 0 aliphatic carbocycles. The van der Waals surface area contributed by atoms with Crippen LogP contribution in [-0.4, -0.2) is 21.9 Å². The number of hydrogen-bond donors (Lipinski definition) is 0. The lowest BCUT2D eigenvalue weighted by Gasteiger charge is -2.27. The summed E-state index contributed by atoms with van der Waals surface area (Å²) in [7, 11) is 0. The lowest BCUT2D eigenvalue weighted by Crippen LogP contribution is -2.23. The Hall–Kier alpha value is -2.76. The molecule has 0 N–H and O–H groups in total. The number of ketones is 1. The van der Waals surface area contributed by atoms with Crippen LogP contribution in [0.1, 0.15) is 74.3 Å². The van der Waals surface area contributed by atoms with E-state index in [9.17, 15) is 13.6 Å². The fourth-order valence-electron chi connectivity index (χ4n) is 4.60. The number of aromatic nitrogens is 2. The number of carbonyl (C=O) groups excluding carboxylic acids is 1. The Morgan fingerprint density at radius 2 is 2.06 bits per heavy atom. The molecule has 0 amide bonds. The van der Waals surface area contributed by atoms with Gasteiger partial charge in [0.05, 0.1) is 23.3 Å². The Morgan fingerprint density at radius 3 is 2.87 bits per heavy atom. The summed E-state index contributed by atoms with van der Waals surface area (Å²) in [5, 5.41) is 4.36. The van der Waals surface area contributed by atoms with E-state index < -0.39 is 5.82 Å². The molecular weight excluding hydrogens is 396 g/mol. The van der Waals surface area contributed by atoms with Crippen molar-refractivity contribution in [3.63, 3.8) is 0 Å². The zero-order valence-corrected chi connectivity index (χ0v) is 18.2. The molecule has 1 fully saturated rings. The van der Waals surface area contributed by atoms with E-state index >= 15 is 0 Å². The minimum Gasteiger partial charge on any atom is -0.364 e. The molecule has 0 bridgehead atoms. The van der Waals surface area contributed by atoms with Crippen LogP contribution in [0.5, 0.6) is 0 Å². The van der Waals surface area contributed by atoms with Gasteiger partial charge in [-0.15, -0.1) is 0 Å². The summed E-state index contributed by atoms with van der Waals surface area (Å²) >= 11 is 0. The predicted octanol–water partition coefficient (Wildman–Crippen LogP) is 6.35. The molecule has 1 aromatic carbocycles. The van der Waals surface area contributed by atoms with Crippen LogP contribution in [0.15, 0.2) is 42.7 Å². The van der Waals surface area contributed by atoms with E-state index in [1.54, 1.807) is 10.7 Å². The van der Waals surface area contributed by atoms with Gasteiger partial charge in [-0.3, -0.25) is 4.79 Å². The lowest BCUT2D eigenvalue weighted by molar-refractivity contribution is 0.0924. The second kappa shape index (κ2) is 9.16. The normalized spacial score (nSPS) is 17.4. The van der Waals surface area contributed by atoms with Crippen molar-refractivity contribution in [2.45, 2.75) is 58.4 Å². The number of Topliss-reactive ketones (excluding diaryl/α,β-unsaturated/α-hetero) is 1. The zero-order chi connectivity index (χ0) is 22.0. The highest BCUT2D eigenvalue weighted by molar-refractivity contribution is 6.03. The molecule has 31 heavy (non-hydrogen) atoms. The SMILES string of the molecule is CCCCCC(C)C(=O)c1cnn2ccc(N3CCC[C@@H]3c3cc(F)ccc3F)cc12. The topological polar surface area (TPSA) is 37.6 Å². The van der Waals surface area contributed by atoms with Gasteiger partial charge in [0.25, 0.3) is 0 Å². The monoisotopic (exact) mass is 425 g/mol. The summed E-state index contributed by atoms with van der Waals surface area (Å²) in [5.74, 6) is -0.763. The van der Waals surface area contributed by atoms with E-state index in [0.717, 1.165) is 62.3 Å². The van der Waals surface area contributed by atoms with Crippen molar-refractivity contribution in [1.29, 1.82) is 0 Å². The van der Waals surface area contributed by atoms with Crippen LogP contribution in [0.4, 0.5) is 14.5 Å². The van der Waals surface area contributed by atoms with Gasteiger partial charge in [0.15, 0.2) is 5.78 Å². The lowest BCUT2D eigenvalue weighted by atomic mass is 9.94. The third-order valence-electron chi connectivity index (χ3n) is 6.36. The molecule has 1 aliphatic rings. The standard InChI is InChI=1S/C25H29F2N3O/c1-3-4-5-7-17(2)25(31)21-16-28-30-13-11-19(15-24(21)30)29-12-6-8-23(29)20-14-18(26)9-10-22(20)27/h9-11,13-17,23H,3-8,12H2,1-2H3/t17?,23-/m1/s1. The van der Waals surface area contributed by atoms with E-state index in [4.69, 9.17) is 0 Å². The molecule has 164 valence electrons. The Morgan fingerprint density at radius 1 is 1.23 bits per heavy atom. The highest BCUT2D eigenvalue weighted by atomic mass is 19.1. The van der Waals surface area contributed by atoms with Gasteiger partial charge < -0.3 is 4.90 Å². The molecular formula is C25H29F2N3O. The van der Waals surface area contributed by atoms with E-state index in [1.807, 2.05) is 25.3 Å². The first-order valence-electron chi connectivity index (χ1n) is 11.2. The number of nitrogens with zero attached hydrogens (tertiary/aromatic N) is 3. The number of carbonyl (C=O) groups is 1. The van der Waals surface area contributed by atoms with Crippen molar-refractivity contribution in [1.82, 2.24) is 9.61 Å². The van der Waals surface area contributed by atoms with E-state index in [1.165, 1.54) is 12.1 Å². The average molecular weight is 426 g/mol. The van der Waals surface area contributed by atoms with Gasteiger partial charge in [-0.05, 0) is 49.6 Å². The Balaban J connectivity index is 1.63. The molecule has 4 nitrogen and oxygen atoms in total. The second-order valence-corrected chi connectivity index (χ2v) is 8.55. The van der Waals surface area contributed by atoms with Gasteiger partial charge >= 0.3 is 0 Å². The fourth-order valence-corrected chi connectivity index (χ4v) is 4.60. The molecule has 0 saturated carbocycles. The van der Waals surface area contributed by atoms with Crippen molar-refractivity contribution < 1.29 is 13.6 Å². The predicted molar refractivity (Wildman–Crippen MR) is 119 cm³/mol. The first-order chi connectivity index (χ1) is 15.0. The van der Waals surface area contributed by atoms with Gasteiger partial charge in [-0.1, -0.05) is 33.1 Å². The molecule has 1 unspecified atom stereocenters. The molecule has 0 radical (unpaired) electrons. The number of unbranched alkanes of at least 4 members (excludes halogenated alkanes) is 2. The number of anilines is 1. The van der Waals surface area contributed by atoms with Crippen molar-refractivity contribution in [2.75, 3.05) is 11.4 Å². The Kier molecular flexibility index (Phi) is 6.35. The summed E-state index contributed by atoms with van der Waals surface area (Å²) in [5.41, 5.74) is 2.66. The number of rotatable bonds is 8. The number of fused-ring (bicyclic) bond motifs is 1. The summed E-state index contributed by atoms with van der Waals surface area (Å²) in [6.07, 6.45) is 9.30. The van der Waals surface area contributed by atoms with Crippen LogP contribution in [0.2, 0.25) is 0 Å². The molecule has 6 heteroatoms. The van der Waals surface area contributed by atoms with E-state index in [2.05, 4.69) is 16.9 Å². The Labute approximate surface area is 181 Å². The van der Waals surface area contributed by atoms with Crippen LogP contribution >= 0.6 is 0 Å². The van der Waals surface area contributed by atoms with Gasteiger partial charge in [0.1, 0.15) is 11.6 Å². The largest absolute Gasteiger partial charge is 0.364 e. The summed E-state index contributed by atoms with van der Waals surface area (Å²) in [6.45, 7) is 4.89. The minimum atomic E-state index is -0.431. The van der Waals surface area contributed by atoms with Crippen LogP contribution in [-0.2, 0) is 0 Å². The molecule has 1 aliphatic heterocycles. The molecule has 2 aromatic heterocycles. The van der Waals surface area contributed by atoms with Crippen molar-refractivity contribution >= 4 is 17.0 Å². The smallest absolute Gasteiger partial charge is 0.169 e. The molecule has 3 aromatic rings. The number of benzene rings is 1. The number of halogens is 2. The first-order valence-corrected chi connectivity index (χ1v) is 11.2. The second-order valence-electron chi connectivity index (χ2n) is 8.55. The molecule has 3 heterocycles. The third-order valence-corrected chi connectivity index (χ3v) is 6.36. The zero-order valence-electron chi connectivity index (χ0n) is 18.2. The summed E-state index contributed by atoms with van der Waals surface area (Å²) in [6, 6.07) is 7.29. The van der Waals surface area contributed by atoms with Gasteiger partial charge in [0, 0.05) is 29.9 Å². The summed E-state index contributed by atoms with van der Waals surface area (Å²) < 4.78 is 30.0. The molecule has 2 atom stereocenters. The summed E-state index contributed by atoms with van der Waals surface area (Å²) in [4.78, 5) is 15.2. The van der Waals surface area contributed by atoms with Gasteiger partial charge in [-0.2, -0.15) is 5.10 Å². The van der Waals surface area contributed by atoms with Crippen LogP contribution in [0.3, 0.4) is 0 Å². The molecule has 1 saturated heterocycles. The van der Waals surface area contributed by atoms with Crippen LogP contribution in [0, 0.1) is 17.6 Å². The quantitative estimate of drug-likeness (QED) is 0.312. The van der Waals surface area contributed by atoms with Crippen molar-refractivity contribution in [2.24, 2.45) is 5.92 Å². The van der Waals surface area contributed by atoms with Gasteiger partial charge in [0.2, 0.25) is 0 Å². The van der Waals surface area contributed by atoms with Crippen LogP contribution in [0.25, 0.3) is 5.52 Å². The van der Waals surface area contributed by atoms with Crippen molar-refractivity contribution in [3.05, 3.63) is 65.5 Å². The average Bonchev–Trinajstić information content (AvgIpc) is 3.41. The minimum absolute atomic E-state index is 0.0517. The molecule has 4 rings (SSSR count). The highest BCUT2D eigenvalue weighted by Crippen LogP contribution is 2.38. The number of hydrogen-bond acceptors (Lipinski definition) is 3. The van der Waals surface area contributed by atoms with Gasteiger partial charge in [-0.25, -0.2) is 13.3 Å². The molecule has 0 spiro atoms. The van der Waals surface area contributed by atoms with E-state index in [0.29, 0.717) is 11.1 Å². The number of pyridine rings is 1. The van der Waals surface area contributed by atoms with Crippen molar-refractivity contribution in [3.8, 4) is 0 Å². The first kappa shape index (κ1) is 21.5. The van der Waals surface area contributed by atoms with E-state index in [-0.39, 0.29) is 23.6 Å². The fraction of sp³-hybridized carbons (Fsp3) is 0.440. The third kappa shape index (κ3) is 4.34.